The van der Waals surface area contributed by atoms with Gasteiger partial charge in [0, 0.05) is 19.6 Å². The molecule has 0 aromatic rings. The van der Waals surface area contributed by atoms with Crippen molar-refractivity contribution in [2.24, 2.45) is 0 Å². The lowest BCUT2D eigenvalue weighted by molar-refractivity contribution is -0.130. The van der Waals surface area contributed by atoms with Gasteiger partial charge in [0.1, 0.15) is 0 Å². The Hall–Kier alpha value is -0.620. The summed E-state index contributed by atoms with van der Waals surface area (Å²) >= 11 is 0. The van der Waals surface area contributed by atoms with Crippen LogP contribution in [0.25, 0.3) is 0 Å². The van der Waals surface area contributed by atoms with Crippen molar-refractivity contribution in [3.63, 3.8) is 0 Å². The second kappa shape index (κ2) is 7.09. The van der Waals surface area contributed by atoms with Crippen molar-refractivity contribution in [2.75, 3.05) is 32.4 Å². The Kier molecular flexibility index (Phi) is 6.08. The minimum Gasteiger partial charge on any atom is -0.342 e. The standard InChI is InChI=1S/C12H24N2O3S/c1-3-4-5-10-14(18(2,16)17)11-12(15)13-8-6-7-9-13/h3-11H2,1-2H3. The molecular weight excluding hydrogens is 252 g/mol. The van der Waals surface area contributed by atoms with E-state index in [0.29, 0.717) is 6.54 Å². The lowest BCUT2D eigenvalue weighted by Gasteiger charge is -2.22. The van der Waals surface area contributed by atoms with Crippen LogP contribution in [0.15, 0.2) is 0 Å². The number of hydrogen-bond acceptors (Lipinski definition) is 3. The highest BCUT2D eigenvalue weighted by Crippen LogP contribution is 2.10. The number of hydrogen-bond donors (Lipinski definition) is 0. The van der Waals surface area contributed by atoms with E-state index in [2.05, 4.69) is 6.92 Å². The van der Waals surface area contributed by atoms with E-state index in [1.807, 2.05) is 0 Å². The number of carbonyl (C=O) groups is 1. The Morgan fingerprint density at radius 3 is 2.33 bits per heavy atom. The van der Waals surface area contributed by atoms with Crippen LogP contribution < -0.4 is 0 Å². The van der Waals surface area contributed by atoms with Crippen LogP contribution >= 0.6 is 0 Å². The van der Waals surface area contributed by atoms with Crippen molar-refractivity contribution in [1.29, 1.82) is 0 Å². The summed E-state index contributed by atoms with van der Waals surface area (Å²) in [5, 5.41) is 0. The molecule has 0 N–H and O–H groups in total. The summed E-state index contributed by atoms with van der Waals surface area (Å²) in [6.07, 6.45) is 6.08. The van der Waals surface area contributed by atoms with E-state index in [4.69, 9.17) is 0 Å². The zero-order valence-corrected chi connectivity index (χ0v) is 12.2. The Morgan fingerprint density at radius 2 is 1.83 bits per heavy atom. The predicted octanol–water partition coefficient (Wildman–Crippen LogP) is 1.06. The van der Waals surface area contributed by atoms with Crippen LogP contribution in [-0.2, 0) is 14.8 Å². The lowest BCUT2D eigenvalue weighted by Crippen LogP contribution is -2.41. The quantitative estimate of drug-likeness (QED) is 0.653. The molecule has 1 saturated heterocycles. The molecule has 0 aliphatic carbocycles. The minimum atomic E-state index is -3.28. The smallest absolute Gasteiger partial charge is 0.237 e. The maximum Gasteiger partial charge on any atom is 0.237 e. The average Bonchev–Trinajstić information content (AvgIpc) is 2.79. The highest BCUT2D eigenvalue weighted by molar-refractivity contribution is 7.88. The molecule has 1 rings (SSSR count). The van der Waals surface area contributed by atoms with Gasteiger partial charge in [0.2, 0.25) is 15.9 Å². The van der Waals surface area contributed by atoms with E-state index in [1.54, 1.807) is 4.90 Å². The van der Waals surface area contributed by atoms with Gasteiger partial charge in [-0.15, -0.1) is 0 Å². The Bertz CT molecular complexity index is 362. The molecule has 5 nitrogen and oxygen atoms in total. The number of amides is 1. The molecule has 1 heterocycles. The fraction of sp³-hybridized carbons (Fsp3) is 0.917. The summed E-state index contributed by atoms with van der Waals surface area (Å²) in [6.45, 7) is 4.06. The van der Waals surface area contributed by atoms with Gasteiger partial charge in [0.15, 0.2) is 0 Å². The highest BCUT2D eigenvalue weighted by atomic mass is 32.2. The van der Waals surface area contributed by atoms with Gasteiger partial charge >= 0.3 is 0 Å². The maximum absolute atomic E-state index is 12.0. The van der Waals surface area contributed by atoms with Gasteiger partial charge < -0.3 is 4.90 Å². The van der Waals surface area contributed by atoms with E-state index in [1.165, 1.54) is 10.6 Å². The first-order valence-electron chi connectivity index (χ1n) is 6.68. The van der Waals surface area contributed by atoms with Crippen LogP contribution in [-0.4, -0.2) is 56.0 Å². The van der Waals surface area contributed by atoms with Crippen molar-refractivity contribution in [3.05, 3.63) is 0 Å². The van der Waals surface area contributed by atoms with Gasteiger partial charge in [-0.1, -0.05) is 19.8 Å². The van der Waals surface area contributed by atoms with E-state index in [-0.39, 0.29) is 12.5 Å². The molecule has 0 unspecified atom stereocenters. The van der Waals surface area contributed by atoms with Crippen LogP contribution in [0.5, 0.6) is 0 Å². The number of carbonyl (C=O) groups excluding carboxylic acids is 1. The first-order chi connectivity index (χ1) is 8.45. The molecule has 106 valence electrons. The monoisotopic (exact) mass is 276 g/mol. The fourth-order valence-corrected chi connectivity index (χ4v) is 2.92. The van der Waals surface area contributed by atoms with Gasteiger partial charge in [0.05, 0.1) is 12.8 Å². The first kappa shape index (κ1) is 15.4. The first-order valence-corrected chi connectivity index (χ1v) is 8.53. The molecule has 0 aromatic heterocycles. The van der Waals surface area contributed by atoms with E-state index < -0.39 is 10.0 Å². The van der Waals surface area contributed by atoms with Gasteiger partial charge in [-0.3, -0.25) is 4.79 Å². The van der Waals surface area contributed by atoms with Gasteiger partial charge in [0.25, 0.3) is 0 Å². The highest BCUT2D eigenvalue weighted by Gasteiger charge is 2.24. The Morgan fingerprint density at radius 1 is 1.22 bits per heavy atom. The molecule has 6 heteroatoms. The van der Waals surface area contributed by atoms with Crippen LogP contribution in [0.3, 0.4) is 0 Å². The average molecular weight is 276 g/mol. The lowest BCUT2D eigenvalue weighted by atomic mass is 10.2. The van der Waals surface area contributed by atoms with Crippen molar-refractivity contribution in [1.82, 2.24) is 9.21 Å². The molecule has 0 atom stereocenters. The number of unbranched alkanes of at least 4 members (excludes halogenated alkanes) is 2. The summed E-state index contributed by atoms with van der Waals surface area (Å²) in [5.41, 5.74) is 0. The van der Waals surface area contributed by atoms with Crippen molar-refractivity contribution < 1.29 is 13.2 Å². The van der Waals surface area contributed by atoms with Crippen LogP contribution in [0.4, 0.5) is 0 Å². The molecule has 0 aromatic carbocycles. The number of nitrogens with zero attached hydrogens (tertiary/aromatic N) is 2. The molecule has 0 bridgehead atoms. The third-order valence-electron chi connectivity index (χ3n) is 3.25. The normalized spacial score (nSPS) is 16.5. The molecular formula is C12H24N2O3S. The van der Waals surface area contributed by atoms with Gasteiger partial charge in [-0.2, -0.15) is 4.31 Å². The number of likely N-dealkylation sites (tertiary alicyclic amines) is 1. The van der Waals surface area contributed by atoms with Crippen LogP contribution in [0, 0.1) is 0 Å². The van der Waals surface area contributed by atoms with Gasteiger partial charge in [-0.05, 0) is 19.3 Å². The third kappa shape index (κ3) is 4.94. The predicted molar refractivity (Wildman–Crippen MR) is 71.8 cm³/mol. The molecule has 1 aliphatic heterocycles. The van der Waals surface area contributed by atoms with Crippen molar-refractivity contribution >= 4 is 15.9 Å². The van der Waals surface area contributed by atoms with E-state index >= 15 is 0 Å². The molecule has 18 heavy (non-hydrogen) atoms. The van der Waals surface area contributed by atoms with E-state index in [0.717, 1.165) is 45.2 Å². The summed E-state index contributed by atoms with van der Waals surface area (Å²) in [5.74, 6) is -0.0607. The van der Waals surface area contributed by atoms with Crippen LogP contribution in [0.1, 0.15) is 39.0 Å². The molecule has 0 radical (unpaired) electrons. The minimum absolute atomic E-state index is 0.00253. The molecule has 0 saturated carbocycles. The number of rotatable bonds is 7. The Labute approximate surface area is 110 Å². The SMILES string of the molecule is CCCCCN(CC(=O)N1CCCC1)S(C)(=O)=O. The van der Waals surface area contributed by atoms with Crippen molar-refractivity contribution in [3.8, 4) is 0 Å². The van der Waals surface area contributed by atoms with Crippen LogP contribution in [0.2, 0.25) is 0 Å². The fourth-order valence-electron chi connectivity index (χ4n) is 2.12. The molecule has 1 aliphatic rings. The summed E-state index contributed by atoms with van der Waals surface area (Å²) in [7, 11) is -3.28. The number of sulfonamides is 1. The zero-order valence-electron chi connectivity index (χ0n) is 11.4. The largest absolute Gasteiger partial charge is 0.342 e. The molecule has 0 spiro atoms. The summed E-state index contributed by atoms with van der Waals surface area (Å²) < 4.78 is 24.6. The topological polar surface area (TPSA) is 57.7 Å². The summed E-state index contributed by atoms with van der Waals surface area (Å²) in [4.78, 5) is 13.7. The summed E-state index contributed by atoms with van der Waals surface area (Å²) in [6, 6.07) is 0. The molecule has 1 amide bonds. The second-order valence-corrected chi connectivity index (χ2v) is 6.87. The Balaban J connectivity index is 2.52. The van der Waals surface area contributed by atoms with Gasteiger partial charge in [-0.25, -0.2) is 8.42 Å². The van der Waals surface area contributed by atoms with Crippen molar-refractivity contribution in [2.45, 2.75) is 39.0 Å². The zero-order chi connectivity index (χ0) is 13.6. The third-order valence-corrected chi connectivity index (χ3v) is 4.50. The maximum atomic E-state index is 12.0. The second-order valence-electron chi connectivity index (χ2n) is 4.89. The van der Waals surface area contributed by atoms with E-state index in [9.17, 15) is 13.2 Å². The molecule has 1 fully saturated rings.